The number of rotatable bonds is 8. The van der Waals surface area contributed by atoms with Crippen molar-refractivity contribution < 1.29 is 9.72 Å². The number of nitrogens with zero attached hydrogens (tertiary/aromatic N) is 4. The molecule has 0 radical (unpaired) electrons. The van der Waals surface area contributed by atoms with Crippen LogP contribution >= 0.6 is 23.1 Å². The Morgan fingerprint density at radius 1 is 1.22 bits per heavy atom. The molecule has 2 heterocycles. The first kappa shape index (κ1) is 21.7. The highest BCUT2D eigenvalue weighted by atomic mass is 32.2. The lowest BCUT2D eigenvalue weighted by molar-refractivity contribution is -0.384. The maximum Gasteiger partial charge on any atom is 0.270 e. The van der Waals surface area contributed by atoms with Crippen LogP contribution in [0, 0.1) is 17.0 Å². The first-order valence-corrected chi connectivity index (χ1v) is 11.5. The number of carbonyl (C=O) groups is 1. The Morgan fingerprint density at radius 3 is 2.75 bits per heavy atom. The minimum Gasteiger partial charge on any atom is -0.314 e. The van der Waals surface area contributed by atoms with E-state index in [1.54, 1.807) is 12.3 Å². The topological polar surface area (TPSA) is 103 Å². The molecule has 0 bridgehead atoms. The smallest absolute Gasteiger partial charge is 0.270 e. The fourth-order valence-electron chi connectivity index (χ4n) is 3.10. The number of nitrogens with one attached hydrogen (secondary N) is 1. The van der Waals surface area contributed by atoms with Crippen molar-refractivity contribution >= 4 is 39.8 Å². The Kier molecular flexibility index (Phi) is 6.62. The van der Waals surface area contributed by atoms with Crippen LogP contribution in [-0.4, -0.2) is 31.1 Å². The molecule has 0 unspecified atom stereocenters. The second-order valence-electron chi connectivity index (χ2n) is 6.94. The predicted octanol–water partition coefficient (Wildman–Crippen LogP) is 5.00. The zero-order chi connectivity index (χ0) is 22.5. The summed E-state index contributed by atoms with van der Waals surface area (Å²) in [6.07, 6.45) is 1.69. The monoisotopic (exact) mass is 465 g/mol. The van der Waals surface area contributed by atoms with Crippen LogP contribution in [0.25, 0.3) is 11.3 Å². The van der Waals surface area contributed by atoms with E-state index in [2.05, 4.69) is 15.3 Å². The molecule has 0 aliphatic heterocycles. The summed E-state index contributed by atoms with van der Waals surface area (Å²) in [7, 11) is 0. The number of carbonyl (C=O) groups excluding carboxylic acids is 1. The molecule has 0 aliphatic carbocycles. The number of non-ortho nitro benzene ring substituents is 1. The summed E-state index contributed by atoms with van der Waals surface area (Å²) in [5, 5.41) is 17.1. The van der Waals surface area contributed by atoms with E-state index in [1.165, 1.54) is 35.2 Å². The molecule has 0 atom stereocenters. The average molecular weight is 466 g/mol. The van der Waals surface area contributed by atoms with E-state index in [9.17, 15) is 14.9 Å². The second kappa shape index (κ2) is 9.75. The number of thiazole rings is 1. The lowest BCUT2D eigenvalue weighted by atomic mass is 10.1. The van der Waals surface area contributed by atoms with Crippen LogP contribution in [0.2, 0.25) is 0 Å². The lowest BCUT2D eigenvalue weighted by Gasteiger charge is -2.12. The standard InChI is InChI=1S/C22H19N5O3S2/c1-15-13-31-21(24-15)25-20(28)14-32-22-23-11-19(17-8-5-9-18(10-17)27(29)30)26(22)12-16-6-3-2-4-7-16/h2-11,13H,12,14H2,1H3,(H,24,25,28). The van der Waals surface area contributed by atoms with Gasteiger partial charge in [0.05, 0.1) is 34.8 Å². The van der Waals surface area contributed by atoms with Crippen LogP contribution in [0.5, 0.6) is 0 Å². The summed E-state index contributed by atoms with van der Waals surface area (Å²) >= 11 is 2.69. The van der Waals surface area contributed by atoms with Gasteiger partial charge in [0, 0.05) is 23.1 Å². The summed E-state index contributed by atoms with van der Waals surface area (Å²) < 4.78 is 1.97. The summed E-state index contributed by atoms with van der Waals surface area (Å²) in [5.74, 6) is -0.00534. The number of aryl methyl sites for hydroxylation is 1. The lowest BCUT2D eigenvalue weighted by Crippen LogP contribution is -2.14. The van der Waals surface area contributed by atoms with Gasteiger partial charge < -0.3 is 9.88 Å². The highest BCUT2D eigenvalue weighted by molar-refractivity contribution is 7.99. The molecule has 0 saturated carbocycles. The van der Waals surface area contributed by atoms with E-state index in [0.29, 0.717) is 22.4 Å². The fraction of sp³-hybridized carbons (Fsp3) is 0.136. The quantitative estimate of drug-likeness (QED) is 0.223. The minimum absolute atomic E-state index is 0.0160. The molecule has 0 saturated heterocycles. The molecule has 8 nitrogen and oxygen atoms in total. The highest BCUT2D eigenvalue weighted by Crippen LogP contribution is 2.29. The van der Waals surface area contributed by atoms with Crippen LogP contribution in [0.3, 0.4) is 0 Å². The van der Waals surface area contributed by atoms with Crippen molar-refractivity contribution in [2.24, 2.45) is 0 Å². The minimum atomic E-state index is -0.415. The first-order chi connectivity index (χ1) is 15.5. The number of aromatic nitrogens is 3. The van der Waals surface area contributed by atoms with Gasteiger partial charge in [0.2, 0.25) is 5.91 Å². The van der Waals surface area contributed by atoms with Gasteiger partial charge in [-0.3, -0.25) is 14.9 Å². The summed E-state index contributed by atoms with van der Waals surface area (Å²) in [4.78, 5) is 31.9. The number of nitro benzene ring substituents is 1. The molecule has 1 amide bonds. The zero-order valence-electron chi connectivity index (χ0n) is 17.1. The van der Waals surface area contributed by atoms with Crippen LogP contribution in [0.1, 0.15) is 11.3 Å². The van der Waals surface area contributed by atoms with Gasteiger partial charge in [0.1, 0.15) is 0 Å². The maximum absolute atomic E-state index is 12.4. The molecule has 0 aliphatic rings. The highest BCUT2D eigenvalue weighted by Gasteiger charge is 2.17. The molecule has 10 heteroatoms. The van der Waals surface area contributed by atoms with Crippen LogP contribution in [0.4, 0.5) is 10.8 Å². The van der Waals surface area contributed by atoms with Crippen LogP contribution < -0.4 is 5.32 Å². The molecule has 2 aromatic heterocycles. The van der Waals surface area contributed by atoms with Gasteiger partial charge in [-0.2, -0.15) is 0 Å². The fourth-order valence-corrected chi connectivity index (χ4v) is 4.58. The molecule has 2 aromatic carbocycles. The van der Waals surface area contributed by atoms with E-state index in [4.69, 9.17) is 0 Å². The zero-order valence-corrected chi connectivity index (χ0v) is 18.7. The predicted molar refractivity (Wildman–Crippen MR) is 126 cm³/mol. The van der Waals surface area contributed by atoms with Gasteiger partial charge in [0.15, 0.2) is 10.3 Å². The average Bonchev–Trinajstić information content (AvgIpc) is 3.38. The Morgan fingerprint density at radius 2 is 2.03 bits per heavy atom. The van der Waals surface area contributed by atoms with E-state index in [-0.39, 0.29) is 17.3 Å². The molecule has 162 valence electrons. The molecule has 0 spiro atoms. The van der Waals surface area contributed by atoms with Gasteiger partial charge in [-0.25, -0.2) is 9.97 Å². The molecular weight excluding hydrogens is 446 g/mol. The maximum atomic E-state index is 12.4. The number of imidazole rings is 1. The van der Waals surface area contributed by atoms with Gasteiger partial charge in [-0.15, -0.1) is 11.3 Å². The van der Waals surface area contributed by atoms with Crippen LogP contribution in [-0.2, 0) is 11.3 Å². The third-order valence-electron chi connectivity index (χ3n) is 4.55. The van der Waals surface area contributed by atoms with E-state index in [0.717, 1.165) is 17.0 Å². The summed E-state index contributed by atoms with van der Waals surface area (Å²) in [5.41, 5.74) is 3.37. The molecule has 32 heavy (non-hydrogen) atoms. The van der Waals surface area contributed by atoms with Gasteiger partial charge >= 0.3 is 0 Å². The Bertz CT molecular complexity index is 1250. The largest absolute Gasteiger partial charge is 0.314 e. The molecule has 4 aromatic rings. The number of amides is 1. The van der Waals surface area contributed by atoms with Gasteiger partial charge in [0.25, 0.3) is 5.69 Å². The van der Waals surface area contributed by atoms with Crippen molar-refractivity contribution in [2.45, 2.75) is 18.6 Å². The first-order valence-electron chi connectivity index (χ1n) is 9.68. The van der Waals surface area contributed by atoms with Crippen molar-refractivity contribution in [1.82, 2.24) is 14.5 Å². The Balaban J connectivity index is 1.59. The van der Waals surface area contributed by atoms with Crippen molar-refractivity contribution in [1.29, 1.82) is 0 Å². The number of nitro groups is 1. The van der Waals surface area contributed by atoms with Crippen molar-refractivity contribution in [3.63, 3.8) is 0 Å². The Labute approximate surface area is 192 Å². The number of hydrogen-bond acceptors (Lipinski definition) is 7. The normalized spacial score (nSPS) is 10.8. The molecular formula is C22H19N5O3S2. The molecule has 4 rings (SSSR count). The SMILES string of the molecule is Cc1csc(NC(=O)CSc2ncc(-c3cccc([N+](=O)[O-])c3)n2Cc2ccccc2)n1. The van der Waals surface area contributed by atoms with E-state index in [1.807, 2.05) is 53.3 Å². The van der Waals surface area contributed by atoms with Crippen molar-refractivity contribution in [2.75, 3.05) is 11.1 Å². The second-order valence-corrected chi connectivity index (χ2v) is 8.74. The molecule has 0 fully saturated rings. The number of hydrogen-bond donors (Lipinski definition) is 1. The van der Waals surface area contributed by atoms with Crippen molar-refractivity contribution in [3.8, 4) is 11.3 Å². The number of anilines is 1. The number of thioether (sulfide) groups is 1. The van der Waals surface area contributed by atoms with E-state index >= 15 is 0 Å². The van der Waals surface area contributed by atoms with E-state index < -0.39 is 4.92 Å². The van der Waals surface area contributed by atoms with Crippen molar-refractivity contribution in [3.05, 3.63) is 87.5 Å². The summed E-state index contributed by atoms with van der Waals surface area (Å²) in [6.45, 7) is 2.39. The van der Waals surface area contributed by atoms with Gasteiger partial charge in [-0.1, -0.05) is 54.2 Å². The Hall–Kier alpha value is -3.50. The molecule has 1 N–H and O–H groups in total. The summed E-state index contributed by atoms with van der Waals surface area (Å²) in [6, 6.07) is 16.3. The third kappa shape index (κ3) is 5.21. The van der Waals surface area contributed by atoms with Gasteiger partial charge in [-0.05, 0) is 12.5 Å². The van der Waals surface area contributed by atoms with Crippen LogP contribution in [0.15, 0.2) is 71.3 Å². The third-order valence-corrected chi connectivity index (χ3v) is 6.42. The number of benzene rings is 2.